The number of ether oxygens (including phenoxy) is 1. The normalized spacial score (nSPS) is 26.8. The van der Waals surface area contributed by atoms with Crippen molar-refractivity contribution in [3.63, 3.8) is 0 Å². The molecule has 0 N–H and O–H groups in total. The van der Waals surface area contributed by atoms with Crippen LogP contribution in [0.4, 0.5) is 0 Å². The van der Waals surface area contributed by atoms with E-state index in [1.165, 1.54) is 23.4 Å². The highest BCUT2D eigenvalue weighted by atomic mass is 32.1. The fourth-order valence-corrected chi connectivity index (χ4v) is 4.64. The molecule has 2 aliphatic heterocycles. The average molecular weight is 332 g/mol. The zero-order valence-corrected chi connectivity index (χ0v) is 14.3. The first-order valence-electron chi connectivity index (χ1n) is 8.37. The molecule has 0 amide bonds. The predicted octanol–water partition coefficient (Wildman–Crippen LogP) is 3.07. The van der Waals surface area contributed by atoms with Gasteiger partial charge in [0, 0.05) is 48.6 Å². The van der Waals surface area contributed by atoms with Crippen molar-refractivity contribution >= 4 is 11.3 Å². The molecule has 2 saturated heterocycles. The van der Waals surface area contributed by atoms with Gasteiger partial charge in [0.25, 0.3) is 0 Å². The van der Waals surface area contributed by atoms with Gasteiger partial charge in [0.15, 0.2) is 0 Å². The van der Waals surface area contributed by atoms with Crippen molar-refractivity contribution < 1.29 is 9.15 Å². The summed E-state index contributed by atoms with van der Waals surface area (Å²) in [4.78, 5) is 6.59. The molecule has 1 spiro atoms. The van der Waals surface area contributed by atoms with Crippen LogP contribution in [-0.4, -0.2) is 49.2 Å². The highest BCUT2D eigenvalue weighted by Crippen LogP contribution is 2.35. The molecule has 0 saturated carbocycles. The van der Waals surface area contributed by atoms with Crippen LogP contribution in [0.15, 0.2) is 40.5 Å². The molecule has 0 unspecified atom stereocenters. The quantitative estimate of drug-likeness (QED) is 0.860. The van der Waals surface area contributed by atoms with E-state index >= 15 is 0 Å². The molecule has 0 aromatic carbocycles. The molecule has 2 aliphatic rings. The summed E-state index contributed by atoms with van der Waals surface area (Å²) < 4.78 is 11.2. The van der Waals surface area contributed by atoms with Gasteiger partial charge < -0.3 is 9.15 Å². The summed E-state index contributed by atoms with van der Waals surface area (Å²) in [6, 6.07) is 6.45. The third-order valence-corrected chi connectivity index (χ3v) is 5.84. The summed E-state index contributed by atoms with van der Waals surface area (Å²) in [7, 11) is 0. The second-order valence-corrected chi connectivity index (χ2v) is 7.97. The van der Waals surface area contributed by atoms with Gasteiger partial charge in [-0.25, -0.2) is 0 Å². The van der Waals surface area contributed by atoms with E-state index < -0.39 is 0 Å². The fraction of sp³-hybridized carbons (Fsp3) is 0.556. The van der Waals surface area contributed by atoms with Gasteiger partial charge in [0.1, 0.15) is 0 Å². The Morgan fingerprint density at radius 3 is 2.83 bits per heavy atom. The highest BCUT2D eigenvalue weighted by Gasteiger charge is 2.41. The van der Waals surface area contributed by atoms with E-state index in [0.717, 1.165) is 45.9 Å². The standard InChI is InChI=1S/C18H24N2O2S/c1-2-17(23-9-1)11-19-5-4-18(13-19)14-20(6-8-22-15-18)10-16-3-7-21-12-16/h1-3,7,9,12H,4-6,8,10-11,13-15H2/t18-/m1/s1. The maximum atomic E-state index is 5.98. The van der Waals surface area contributed by atoms with Crippen molar-refractivity contribution in [2.45, 2.75) is 19.5 Å². The Morgan fingerprint density at radius 1 is 1.13 bits per heavy atom. The Kier molecular flexibility index (Phi) is 4.53. The molecule has 0 bridgehead atoms. The molecule has 0 aliphatic carbocycles. The third kappa shape index (κ3) is 3.69. The minimum Gasteiger partial charge on any atom is -0.472 e. The largest absolute Gasteiger partial charge is 0.472 e. The minimum absolute atomic E-state index is 0.289. The maximum absolute atomic E-state index is 5.98. The first-order valence-corrected chi connectivity index (χ1v) is 9.25. The lowest BCUT2D eigenvalue weighted by molar-refractivity contribution is 0.0707. The monoisotopic (exact) mass is 332 g/mol. The second-order valence-electron chi connectivity index (χ2n) is 6.93. The van der Waals surface area contributed by atoms with Crippen LogP contribution >= 0.6 is 11.3 Å². The van der Waals surface area contributed by atoms with Crippen LogP contribution in [0.25, 0.3) is 0 Å². The lowest BCUT2D eigenvalue weighted by atomic mass is 9.87. The molecular weight excluding hydrogens is 308 g/mol. The minimum atomic E-state index is 0.289. The van der Waals surface area contributed by atoms with Gasteiger partial charge in [-0.2, -0.15) is 0 Å². The van der Waals surface area contributed by atoms with Gasteiger partial charge >= 0.3 is 0 Å². The molecule has 5 heteroatoms. The van der Waals surface area contributed by atoms with E-state index in [0.29, 0.717) is 0 Å². The van der Waals surface area contributed by atoms with Gasteiger partial charge in [-0.3, -0.25) is 9.80 Å². The van der Waals surface area contributed by atoms with Crippen molar-refractivity contribution in [2.24, 2.45) is 5.41 Å². The molecule has 4 rings (SSSR count). The maximum Gasteiger partial charge on any atom is 0.0947 e. The molecule has 0 radical (unpaired) electrons. The molecule has 2 aromatic rings. The molecule has 23 heavy (non-hydrogen) atoms. The molecule has 1 atom stereocenters. The summed E-state index contributed by atoms with van der Waals surface area (Å²) in [5, 5.41) is 2.17. The first kappa shape index (κ1) is 15.4. The van der Waals surface area contributed by atoms with E-state index in [4.69, 9.17) is 9.15 Å². The van der Waals surface area contributed by atoms with Gasteiger partial charge in [0.05, 0.1) is 25.7 Å². The SMILES string of the molecule is c1csc(CN2CC[C@@]3(COCCN(Cc4ccoc4)C3)C2)c1. The van der Waals surface area contributed by atoms with E-state index in [-0.39, 0.29) is 5.41 Å². The molecular formula is C18H24N2O2S. The average Bonchev–Trinajstić information content (AvgIpc) is 3.25. The summed E-state index contributed by atoms with van der Waals surface area (Å²) >= 11 is 1.86. The van der Waals surface area contributed by atoms with Gasteiger partial charge in [-0.1, -0.05) is 6.07 Å². The van der Waals surface area contributed by atoms with Gasteiger partial charge in [-0.05, 0) is 30.5 Å². The Morgan fingerprint density at radius 2 is 2.04 bits per heavy atom. The van der Waals surface area contributed by atoms with Crippen LogP contribution in [0.5, 0.6) is 0 Å². The third-order valence-electron chi connectivity index (χ3n) is 4.98. The number of furan rings is 1. The number of hydrogen-bond donors (Lipinski definition) is 0. The summed E-state index contributed by atoms with van der Waals surface area (Å²) in [5.41, 5.74) is 1.55. The first-order chi connectivity index (χ1) is 11.3. The van der Waals surface area contributed by atoms with Crippen molar-refractivity contribution in [3.05, 3.63) is 46.5 Å². The molecule has 4 heterocycles. The number of likely N-dealkylation sites (tertiary alicyclic amines) is 1. The van der Waals surface area contributed by atoms with Crippen LogP contribution in [-0.2, 0) is 17.8 Å². The Balaban J connectivity index is 1.40. The zero-order chi connectivity index (χ0) is 15.5. The topological polar surface area (TPSA) is 28.9 Å². The fourth-order valence-electron chi connectivity index (χ4n) is 3.89. The number of nitrogens with zero attached hydrogens (tertiary/aromatic N) is 2. The van der Waals surface area contributed by atoms with Crippen LogP contribution in [0.2, 0.25) is 0 Å². The number of hydrogen-bond acceptors (Lipinski definition) is 5. The molecule has 2 aromatic heterocycles. The van der Waals surface area contributed by atoms with Crippen LogP contribution < -0.4 is 0 Å². The number of thiophene rings is 1. The predicted molar refractivity (Wildman–Crippen MR) is 91.5 cm³/mol. The van der Waals surface area contributed by atoms with Crippen LogP contribution in [0.3, 0.4) is 0 Å². The Hall–Kier alpha value is -1.14. The molecule has 124 valence electrons. The number of rotatable bonds is 4. The van der Waals surface area contributed by atoms with Gasteiger partial charge in [-0.15, -0.1) is 11.3 Å². The van der Waals surface area contributed by atoms with E-state index in [1.807, 2.05) is 17.6 Å². The van der Waals surface area contributed by atoms with Crippen molar-refractivity contribution in [1.82, 2.24) is 9.80 Å². The molecule has 4 nitrogen and oxygen atoms in total. The van der Waals surface area contributed by atoms with Crippen molar-refractivity contribution in [3.8, 4) is 0 Å². The zero-order valence-electron chi connectivity index (χ0n) is 13.4. The van der Waals surface area contributed by atoms with E-state index in [1.54, 1.807) is 6.26 Å². The summed E-state index contributed by atoms with van der Waals surface area (Å²) in [5.74, 6) is 0. The second kappa shape index (κ2) is 6.77. The van der Waals surface area contributed by atoms with Crippen LogP contribution in [0.1, 0.15) is 16.9 Å². The van der Waals surface area contributed by atoms with Crippen molar-refractivity contribution in [2.75, 3.05) is 39.4 Å². The molecule has 2 fully saturated rings. The van der Waals surface area contributed by atoms with E-state index in [9.17, 15) is 0 Å². The lowest BCUT2D eigenvalue weighted by Crippen LogP contribution is -2.40. The lowest BCUT2D eigenvalue weighted by Gasteiger charge is -2.31. The summed E-state index contributed by atoms with van der Waals surface area (Å²) in [6.07, 6.45) is 4.86. The van der Waals surface area contributed by atoms with E-state index in [2.05, 4.69) is 33.4 Å². The smallest absolute Gasteiger partial charge is 0.0947 e. The Bertz CT molecular complexity index is 599. The Labute approximate surface area is 141 Å². The van der Waals surface area contributed by atoms with Crippen molar-refractivity contribution in [1.29, 1.82) is 0 Å². The van der Waals surface area contributed by atoms with Gasteiger partial charge in [0.2, 0.25) is 0 Å². The summed E-state index contributed by atoms with van der Waals surface area (Å²) in [6.45, 7) is 8.25. The van der Waals surface area contributed by atoms with Crippen LogP contribution in [0, 0.1) is 5.41 Å². The highest BCUT2D eigenvalue weighted by molar-refractivity contribution is 7.09.